The van der Waals surface area contributed by atoms with Gasteiger partial charge in [-0.25, -0.2) is 8.78 Å². The molecule has 1 aliphatic rings. The fourth-order valence-corrected chi connectivity index (χ4v) is 1.49. The Labute approximate surface area is 71.7 Å². The van der Waals surface area contributed by atoms with Crippen molar-refractivity contribution in [1.29, 1.82) is 0 Å². The Morgan fingerprint density at radius 3 is 2.25 bits per heavy atom. The number of piperidine rings is 1. The van der Waals surface area contributed by atoms with Crippen molar-refractivity contribution >= 4 is 0 Å². The second-order valence-electron chi connectivity index (χ2n) is 3.45. The molecule has 0 saturated carbocycles. The maximum absolute atomic E-state index is 12.2. The number of nitrogens with zero attached hydrogens (tertiary/aromatic N) is 1. The summed E-state index contributed by atoms with van der Waals surface area (Å²) in [5.74, 6) is 0. The molecule has 0 spiro atoms. The molecule has 1 saturated heterocycles. The third-order valence-electron chi connectivity index (χ3n) is 2.51. The van der Waals surface area contributed by atoms with E-state index in [9.17, 15) is 8.78 Å². The van der Waals surface area contributed by atoms with Crippen molar-refractivity contribution < 1.29 is 8.78 Å². The number of nitrogens with two attached hydrogens (primary N) is 1. The number of hydrogen-bond donors (Lipinski definition) is 1. The highest BCUT2D eigenvalue weighted by Gasteiger charge is 2.25. The lowest BCUT2D eigenvalue weighted by Gasteiger charge is -2.34. The Kier molecular flexibility index (Phi) is 3.40. The van der Waals surface area contributed by atoms with Crippen molar-refractivity contribution in [2.45, 2.75) is 38.3 Å². The third kappa shape index (κ3) is 2.38. The lowest BCUT2D eigenvalue weighted by Crippen LogP contribution is -2.46. The molecule has 0 amide bonds. The van der Waals surface area contributed by atoms with Gasteiger partial charge in [-0.1, -0.05) is 0 Å². The highest BCUT2D eigenvalue weighted by Crippen LogP contribution is 2.15. The van der Waals surface area contributed by atoms with Gasteiger partial charge in [-0.2, -0.15) is 0 Å². The van der Waals surface area contributed by atoms with Gasteiger partial charge in [0.1, 0.15) is 0 Å². The van der Waals surface area contributed by atoms with Crippen LogP contribution in [0.1, 0.15) is 19.8 Å². The fourth-order valence-electron chi connectivity index (χ4n) is 1.49. The fraction of sp³-hybridized carbons (Fsp3) is 1.00. The van der Waals surface area contributed by atoms with E-state index < -0.39 is 12.5 Å². The predicted octanol–water partition coefficient (Wildman–Crippen LogP) is 1.06. The van der Waals surface area contributed by atoms with E-state index in [1.165, 1.54) is 0 Å². The molecule has 1 fully saturated rings. The molecular weight excluding hydrogens is 162 g/mol. The summed E-state index contributed by atoms with van der Waals surface area (Å²) in [6, 6.07) is -0.399. The van der Waals surface area contributed by atoms with E-state index in [0.29, 0.717) is 13.1 Å². The van der Waals surface area contributed by atoms with Crippen LogP contribution in [0.25, 0.3) is 0 Å². The monoisotopic (exact) mass is 178 g/mol. The van der Waals surface area contributed by atoms with E-state index in [-0.39, 0.29) is 6.04 Å². The smallest absolute Gasteiger partial charge is 0.253 e. The third-order valence-corrected chi connectivity index (χ3v) is 2.51. The highest BCUT2D eigenvalue weighted by atomic mass is 19.3. The SMILES string of the molecule is CC(C(F)F)N1CCC(N)CC1. The van der Waals surface area contributed by atoms with Crippen LogP contribution in [-0.4, -0.2) is 36.5 Å². The van der Waals surface area contributed by atoms with E-state index in [4.69, 9.17) is 5.73 Å². The first-order valence-electron chi connectivity index (χ1n) is 4.39. The first-order valence-corrected chi connectivity index (χ1v) is 4.39. The Bertz CT molecular complexity index is 133. The van der Waals surface area contributed by atoms with Crippen LogP contribution in [0.5, 0.6) is 0 Å². The van der Waals surface area contributed by atoms with E-state index in [0.717, 1.165) is 12.8 Å². The Balaban J connectivity index is 2.34. The molecular formula is C8H16F2N2. The van der Waals surface area contributed by atoms with Crippen LogP contribution in [0.3, 0.4) is 0 Å². The minimum atomic E-state index is -2.24. The number of rotatable bonds is 2. The second-order valence-corrected chi connectivity index (χ2v) is 3.45. The molecule has 0 radical (unpaired) electrons. The van der Waals surface area contributed by atoms with Crippen molar-refractivity contribution in [3.63, 3.8) is 0 Å². The summed E-state index contributed by atoms with van der Waals surface area (Å²) in [7, 11) is 0. The molecule has 2 nitrogen and oxygen atoms in total. The zero-order chi connectivity index (χ0) is 9.14. The molecule has 0 bridgehead atoms. The lowest BCUT2D eigenvalue weighted by molar-refractivity contribution is 0.0231. The molecule has 1 aliphatic heterocycles. The van der Waals surface area contributed by atoms with Gasteiger partial charge >= 0.3 is 0 Å². The van der Waals surface area contributed by atoms with Gasteiger partial charge in [0.2, 0.25) is 0 Å². The summed E-state index contributed by atoms with van der Waals surface area (Å²) >= 11 is 0. The van der Waals surface area contributed by atoms with Crippen molar-refractivity contribution in [1.82, 2.24) is 4.90 Å². The topological polar surface area (TPSA) is 29.3 Å². The van der Waals surface area contributed by atoms with Crippen LogP contribution in [0, 0.1) is 0 Å². The second kappa shape index (κ2) is 4.14. The number of hydrogen-bond acceptors (Lipinski definition) is 2. The molecule has 1 heterocycles. The van der Waals surface area contributed by atoms with Crippen LogP contribution in [0.4, 0.5) is 8.78 Å². The zero-order valence-corrected chi connectivity index (χ0v) is 7.34. The maximum atomic E-state index is 12.2. The summed E-state index contributed by atoms with van der Waals surface area (Å²) in [6.45, 7) is 3.00. The minimum Gasteiger partial charge on any atom is -0.328 e. The Morgan fingerprint density at radius 2 is 1.83 bits per heavy atom. The van der Waals surface area contributed by atoms with Crippen LogP contribution < -0.4 is 5.73 Å². The van der Waals surface area contributed by atoms with Gasteiger partial charge in [0.15, 0.2) is 0 Å². The quantitative estimate of drug-likeness (QED) is 0.685. The van der Waals surface area contributed by atoms with Gasteiger partial charge in [0.25, 0.3) is 6.43 Å². The molecule has 2 N–H and O–H groups in total. The molecule has 0 aromatic rings. The average molecular weight is 178 g/mol. The van der Waals surface area contributed by atoms with E-state index >= 15 is 0 Å². The van der Waals surface area contributed by atoms with Crippen LogP contribution in [0.15, 0.2) is 0 Å². The average Bonchev–Trinajstić information content (AvgIpc) is 2.04. The van der Waals surface area contributed by atoms with E-state index in [2.05, 4.69) is 0 Å². The maximum Gasteiger partial charge on any atom is 0.253 e. The summed E-state index contributed by atoms with van der Waals surface area (Å²) in [5, 5.41) is 0. The van der Waals surface area contributed by atoms with Gasteiger partial charge in [-0.05, 0) is 19.8 Å². The largest absolute Gasteiger partial charge is 0.328 e. The van der Waals surface area contributed by atoms with E-state index in [1.54, 1.807) is 6.92 Å². The Morgan fingerprint density at radius 1 is 1.33 bits per heavy atom. The molecule has 0 aromatic heterocycles. The molecule has 12 heavy (non-hydrogen) atoms. The molecule has 0 aromatic carbocycles. The van der Waals surface area contributed by atoms with Gasteiger partial charge in [0.05, 0.1) is 6.04 Å². The Hall–Kier alpha value is -0.220. The van der Waals surface area contributed by atoms with Crippen molar-refractivity contribution in [2.24, 2.45) is 5.73 Å². The standard InChI is InChI=1S/C8H16F2N2/c1-6(8(9)10)12-4-2-7(11)3-5-12/h6-8H,2-5,11H2,1H3. The molecule has 1 rings (SSSR count). The van der Waals surface area contributed by atoms with Crippen LogP contribution in [0.2, 0.25) is 0 Å². The van der Waals surface area contributed by atoms with Crippen LogP contribution in [-0.2, 0) is 0 Å². The first kappa shape index (κ1) is 9.86. The van der Waals surface area contributed by atoms with Gasteiger partial charge in [-0.15, -0.1) is 0 Å². The highest BCUT2D eigenvalue weighted by molar-refractivity contribution is 4.78. The van der Waals surface area contributed by atoms with Gasteiger partial charge in [-0.3, -0.25) is 4.90 Å². The van der Waals surface area contributed by atoms with Crippen molar-refractivity contribution in [3.8, 4) is 0 Å². The molecule has 4 heteroatoms. The summed E-state index contributed by atoms with van der Waals surface area (Å²) in [5.41, 5.74) is 5.66. The molecule has 72 valence electrons. The number of likely N-dealkylation sites (tertiary alicyclic amines) is 1. The number of alkyl halides is 2. The zero-order valence-electron chi connectivity index (χ0n) is 7.34. The summed E-state index contributed by atoms with van der Waals surface area (Å²) in [4.78, 5) is 1.81. The van der Waals surface area contributed by atoms with E-state index in [1.807, 2.05) is 4.90 Å². The summed E-state index contributed by atoms with van der Waals surface area (Å²) < 4.78 is 24.5. The summed E-state index contributed by atoms with van der Waals surface area (Å²) in [6.07, 6.45) is -0.548. The minimum absolute atomic E-state index is 0.214. The molecule has 1 atom stereocenters. The predicted molar refractivity (Wildman–Crippen MR) is 44.2 cm³/mol. The first-order chi connectivity index (χ1) is 5.61. The van der Waals surface area contributed by atoms with Gasteiger partial charge < -0.3 is 5.73 Å². The normalized spacial score (nSPS) is 24.8. The van der Waals surface area contributed by atoms with Crippen molar-refractivity contribution in [3.05, 3.63) is 0 Å². The molecule has 1 unspecified atom stereocenters. The molecule has 0 aliphatic carbocycles. The van der Waals surface area contributed by atoms with Gasteiger partial charge in [0, 0.05) is 19.1 Å². The lowest BCUT2D eigenvalue weighted by atomic mass is 10.0. The number of halogens is 2. The van der Waals surface area contributed by atoms with Crippen molar-refractivity contribution in [2.75, 3.05) is 13.1 Å². The van der Waals surface area contributed by atoms with Crippen LogP contribution >= 0.6 is 0 Å².